The summed E-state index contributed by atoms with van der Waals surface area (Å²) < 4.78 is 8.00. The second kappa shape index (κ2) is 5.94. The highest BCUT2D eigenvalue weighted by Gasteiger charge is 2.47. The average molecular weight is 326 g/mol. The zero-order chi connectivity index (χ0) is 16.6. The van der Waals surface area contributed by atoms with E-state index in [4.69, 9.17) is 4.74 Å². The van der Waals surface area contributed by atoms with Crippen LogP contribution in [0, 0.1) is 0 Å². The van der Waals surface area contributed by atoms with Gasteiger partial charge in [-0.3, -0.25) is 9.78 Å². The van der Waals surface area contributed by atoms with Crippen LogP contribution in [-0.2, 0) is 11.8 Å². The van der Waals surface area contributed by atoms with E-state index >= 15 is 0 Å². The Morgan fingerprint density at radius 2 is 2.33 bits per heavy atom. The molecule has 1 amide bonds. The van der Waals surface area contributed by atoms with Crippen molar-refractivity contribution in [2.45, 2.75) is 24.5 Å². The smallest absolute Gasteiger partial charge is 0.270 e. The highest BCUT2D eigenvalue weighted by molar-refractivity contribution is 5.93. The molecule has 126 valence electrons. The minimum absolute atomic E-state index is 0.0895. The van der Waals surface area contributed by atoms with Crippen LogP contribution in [0.2, 0.25) is 0 Å². The molecule has 2 aromatic rings. The number of hydrogen-bond acceptors (Lipinski definition) is 4. The van der Waals surface area contributed by atoms with Crippen LogP contribution < -0.4 is 5.32 Å². The number of nitrogens with one attached hydrogen (secondary N) is 1. The van der Waals surface area contributed by atoms with E-state index in [1.165, 1.54) is 0 Å². The first-order valence-corrected chi connectivity index (χ1v) is 8.36. The summed E-state index contributed by atoms with van der Waals surface area (Å²) in [4.78, 5) is 18.7. The number of aryl methyl sites for hydroxylation is 1. The summed E-state index contributed by atoms with van der Waals surface area (Å²) in [5, 5.41) is 3.48. The SMILES string of the molecule is Cn1cccc1C(=O)N1CC[C@@]2(C[C@@H](Nc3cccnc3)CO2)C1. The number of carbonyl (C=O) groups is 1. The van der Waals surface area contributed by atoms with Crippen LogP contribution in [0.15, 0.2) is 42.9 Å². The number of likely N-dealkylation sites (tertiary alicyclic amines) is 1. The molecule has 2 atom stereocenters. The molecular weight excluding hydrogens is 304 g/mol. The second-order valence-electron chi connectivity index (χ2n) is 6.76. The summed E-state index contributed by atoms with van der Waals surface area (Å²) in [6.45, 7) is 2.09. The third-order valence-corrected chi connectivity index (χ3v) is 5.01. The minimum atomic E-state index is -0.208. The van der Waals surface area contributed by atoms with Crippen molar-refractivity contribution in [1.82, 2.24) is 14.5 Å². The molecule has 4 rings (SSSR count). The Morgan fingerprint density at radius 3 is 3.08 bits per heavy atom. The summed E-state index contributed by atoms with van der Waals surface area (Å²) >= 11 is 0. The van der Waals surface area contributed by atoms with E-state index in [0.29, 0.717) is 13.2 Å². The molecule has 2 saturated heterocycles. The fourth-order valence-electron chi connectivity index (χ4n) is 3.77. The molecule has 4 heterocycles. The number of ether oxygens (including phenoxy) is 1. The van der Waals surface area contributed by atoms with Gasteiger partial charge in [0.1, 0.15) is 5.69 Å². The second-order valence-corrected chi connectivity index (χ2v) is 6.76. The van der Waals surface area contributed by atoms with Gasteiger partial charge in [0.15, 0.2) is 0 Å². The van der Waals surface area contributed by atoms with Gasteiger partial charge in [0.25, 0.3) is 5.91 Å². The Morgan fingerprint density at radius 1 is 1.42 bits per heavy atom. The van der Waals surface area contributed by atoms with Gasteiger partial charge in [0, 0.05) is 38.6 Å². The molecule has 0 bridgehead atoms. The monoisotopic (exact) mass is 326 g/mol. The molecule has 2 aliphatic heterocycles. The summed E-state index contributed by atoms with van der Waals surface area (Å²) in [7, 11) is 1.90. The Labute approximate surface area is 141 Å². The summed E-state index contributed by atoms with van der Waals surface area (Å²) in [5.74, 6) is 0.0895. The first kappa shape index (κ1) is 15.2. The van der Waals surface area contributed by atoms with E-state index in [0.717, 1.165) is 30.8 Å². The number of rotatable bonds is 3. The first-order valence-electron chi connectivity index (χ1n) is 8.36. The van der Waals surface area contributed by atoms with Gasteiger partial charge in [-0.15, -0.1) is 0 Å². The molecule has 1 spiro atoms. The molecule has 2 aliphatic rings. The molecule has 6 nitrogen and oxygen atoms in total. The molecule has 2 aromatic heterocycles. The Kier molecular flexibility index (Phi) is 3.76. The van der Waals surface area contributed by atoms with Crippen LogP contribution in [0.1, 0.15) is 23.3 Å². The fourth-order valence-corrected chi connectivity index (χ4v) is 3.77. The highest BCUT2D eigenvalue weighted by Crippen LogP contribution is 2.36. The first-order chi connectivity index (χ1) is 11.7. The van der Waals surface area contributed by atoms with Crippen LogP contribution in [0.3, 0.4) is 0 Å². The van der Waals surface area contributed by atoms with Crippen LogP contribution in [0.5, 0.6) is 0 Å². The van der Waals surface area contributed by atoms with E-state index in [9.17, 15) is 4.79 Å². The van der Waals surface area contributed by atoms with Gasteiger partial charge in [0.05, 0.1) is 30.5 Å². The largest absolute Gasteiger partial charge is 0.379 e. The zero-order valence-electron chi connectivity index (χ0n) is 13.8. The number of nitrogens with zero attached hydrogens (tertiary/aromatic N) is 3. The summed E-state index contributed by atoms with van der Waals surface area (Å²) in [6, 6.07) is 7.97. The number of hydrogen-bond donors (Lipinski definition) is 1. The fraction of sp³-hybridized carbons (Fsp3) is 0.444. The molecule has 0 unspecified atom stereocenters. The van der Waals surface area contributed by atoms with Crippen molar-refractivity contribution >= 4 is 11.6 Å². The highest BCUT2D eigenvalue weighted by atomic mass is 16.5. The van der Waals surface area contributed by atoms with E-state index in [-0.39, 0.29) is 17.6 Å². The lowest BCUT2D eigenvalue weighted by molar-refractivity contribution is 0.0124. The molecule has 24 heavy (non-hydrogen) atoms. The maximum Gasteiger partial charge on any atom is 0.270 e. The van der Waals surface area contributed by atoms with Gasteiger partial charge in [-0.2, -0.15) is 0 Å². The predicted octanol–water partition coefficient (Wildman–Crippen LogP) is 1.91. The molecule has 0 radical (unpaired) electrons. The molecule has 2 fully saturated rings. The van der Waals surface area contributed by atoms with E-state index in [1.807, 2.05) is 53.2 Å². The predicted molar refractivity (Wildman–Crippen MR) is 90.9 cm³/mol. The third-order valence-electron chi connectivity index (χ3n) is 5.01. The lowest BCUT2D eigenvalue weighted by Crippen LogP contribution is -2.36. The van der Waals surface area contributed by atoms with Crippen molar-refractivity contribution in [3.05, 3.63) is 48.5 Å². The zero-order valence-corrected chi connectivity index (χ0v) is 13.8. The van der Waals surface area contributed by atoms with Gasteiger partial charge in [-0.25, -0.2) is 0 Å². The lowest BCUT2D eigenvalue weighted by Gasteiger charge is -2.23. The summed E-state index contributed by atoms with van der Waals surface area (Å²) in [5.41, 5.74) is 1.54. The van der Waals surface area contributed by atoms with Crippen molar-refractivity contribution in [2.24, 2.45) is 7.05 Å². The van der Waals surface area contributed by atoms with Gasteiger partial charge in [0.2, 0.25) is 0 Å². The van der Waals surface area contributed by atoms with Gasteiger partial charge in [-0.05, 0) is 30.7 Å². The minimum Gasteiger partial charge on any atom is -0.379 e. The van der Waals surface area contributed by atoms with E-state index in [1.54, 1.807) is 6.20 Å². The van der Waals surface area contributed by atoms with Crippen LogP contribution >= 0.6 is 0 Å². The Balaban J connectivity index is 1.40. The van der Waals surface area contributed by atoms with Gasteiger partial charge >= 0.3 is 0 Å². The van der Waals surface area contributed by atoms with Gasteiger partial charge < -0.3 is 19.5 Å². The van der Waals surface area contributed by atoms with E-state index < -0.39 is 0 Å². The number of aromatic nitrogens is 2. The van der Waals surface area contributed by atoms with E-state index in [2.05, 4.69) is 10.3 Å². The van der Waals surface area contributed by atoms with Crippen molar-refractivity contribution in [2.75, 3.05) is 25.0 Å². The Bertz CT molecular complexity index is 730. The standard InChI is InChI=1S/C18H22N4O2/c1-21-8-3-5-16(21)17(23)22-9-6-18(13-22)10-15(12-24-18)20-14-4-2-7-19-11-14/h2-5,7-8,11,15,20H,6,9-10,12-13H2,1H3/t15-,18-/m1/s1. The van der Waals surface area contributed by atoms with Crippen LogP contribution in [-0.4, -0.2) is 51.7 Å². The quantitative estimate of drug-likeness (QED) is 0.936. The van der Waals surface area contributed by atoms with Crippen molar-refractivity contribution in [1.29, 1.82) is 0 Å². The maximum absolute atomic E-state index is 12.7. The number of anilines is 1. The molecule has 1 N–H and O–H groups in total. The number of pyridine rings is 1. The van der Waals surface area contributed by atoms with Crippen LogP contribution in [0.25, 0.3) is 0 Å². The lowest BCUT2D eigenvalue weighted by atomic mass is 9.97. The number of carbonyl (C=O) groups excluding carboxylic acids is 1. The molecule has 0 aliphatic carbocycles. The topological polar surface area (TPSA) is 59.4 Å². The molecule has 6 heteroatoms. The normalized spacial score (nSPS) is 26.2. The van der Waals surface area contributed by atoms with Crippen molar-refractivity contribution in [3.8, 4) is 0 Å². The van der Waals surface area contributed by atoms with Gasteiger partial charge in [-0.1, -0.05) is 0 Å². The van der Waals surface area contributed by atoms with Crippen molar-refractivity contribution < 1.29 is 9.53 Å². The Hall–Kier alpha value is -2.34. The summed E-state index contributed by atoms with van der Waals surface area (Å²) in [6.07, 6.45) is 7.30. The average Bonchev–Trinajstić information content (AvgIpc) is 3.30. The van der Waals surface area contributed by atoms with Crippen LogP contribution in [0.4, 0.5) is 5.69 Å². The maximum atomic E-state index is 12.7. The molecule has 0 aromatic carbocycles. The molecule has 0 saturated carbocycles. The van der Waals surface area contributed by atoms with Crippen molar-refractivity contribution in [3.63, 3.8) is 0 Å². The number of amides is 1. The third kappa shape index (κ3) is 2.78. The molecular formula is C18H22N4O2.